The number of sulfonamides is 1. The minimum atomic E-state index is -3.51. The Morgan fingerprint density at radius 1 is 0.971 bits per heavy atom. The first-order valence-electron chi connectivity index (χ1n) is 10.7. The van der Waals surface area contributed by atoms with Gasteiger partial charge in [-0.1, -0.05) is 5.16 Å². The van der Waals surface area contributed by atoms with Crippen molar-refractivity contribution < 1.29 is 32.3 Å². The Morgan fingerprint density at radius 2 is 1.65 bits per heavy atom. The van der Waals surface area contributed by atoms with Crippen molar-refractivity contribution in [3.8, 4) is 11.5 Å². The van der Waals surface area contributed by atoms with Gasteiger partial charge in [0.05, 0.1) is 4.90 Å². The summed E-state index contributed by atoms with van der Waals surface area (Å²) in [7, 11) is -3.51. The Kier molecular flexibility index (Phi) is 7.28. The molecule has 0 aliphatic carbocycles. The molecule has 1 fully saturated rings. The number of rotatable bonds is 8. The summed E-state index contributed by atoms with van der Waals surface area (Å²) in [6.07, 6.45) is 2.62. The maximum Gasteiger partial charge on any atom is 0.270 e. The number of benzene rings is 2. The topological polar surface area (TPSA) is 136 Å². The first kappa shape index (κ1) is 23.5. The summed E-state index contributed by atoms with van der Waals surface area (Å²) in [6.45, 7) is 1.52. The third-order valence-electron chi connectivity index (χ3n) is 5.09. The van der Waals surface area contributed by atoms with E-state index in [9.17, 15) is 18.0 Å². The number of hydrogen-bond donors (Lipinski definition) is 2. The number of fused-ring (bicyclic) bond motifs is 1. The summed E-state index contributed by atoms with van der Waals surface area (Å²) in [6, 6.07) is 10.9. The van der Waals surface area contributed by atoms with Crippen LogP contribution in [-0.2, 0) is 24.4 Å². The fraction of sp³-hybridized carbons (Fsp3) is 0.318. The fourth-order valence-corrected chi connectivity index (χ4v) is 4.98. The molecule has 2 N–H and O–H groups in total. The molecule has 180 valence electrons. The van der Waals surface area contributed by atoms with Gasteiger partial charge >= 0.3 is 0 Å². The van der Waals surface area contributed by atoms with Crippen LogP contribution < -0.4 is 20.1 Å². The van der Waals surface area contributed by atoms with Gasteiger partial charge in [-0.25, -0.2) is 8.42 Å². The van der Waals surface area contributed by atoms with Gasteiger partial charge in [0.15, 0.2) is 18.1 Å². The largest absolute Gasteiger partial charge is 0.486 e. The van der Waals surface area contributed by atoms with Gasteiger partial charge in [0.1, 0.15) is 19.4 Å². The summed E-state index contributed by atoms with van der Waals surface area (Å²) >= 11 is 0. The lowest BCUT2D eigenvalue weighted by Crippen LogP contribution is -2.27. The van der Waals surface area contributed by atoms with E-state index in [0.717, 1.165) is 19.1 Å². The number of carbonyl (C=O) groups excluding carboxylic acids is 2. The van der Waals surface area contributed by atoms with E-state index in [1.165, 1.54) is 28.6 Å². The van der Waals surface area contributed by atoms with Crippen LogP contribution in [0.1, 0.15) is 12.8 Å². The second-order valence-corrected chi connectivity index (χ2v) is 9.48. The zero-order chi connectivity index (χ0) is 24.0. The molecule has 0 radical (unpaired) electrons. The molecule has 0 bridgehead atoms. The van der Waals surface area contributed by atoms with Crippen molar-refractivity contribution >= 4 is 39.4 Å². The molecule has 0 spiro atoms. The first-order chi connectivity index (χ1) is 16.4. The van der Waals surface area contributed by atoms with Crippen molar-refractivity contribution in [1.29, 1.82) is 0 Å². The Hall–Kier alpha value is -3.64. The summed E-state index contributed by atoms with van der Waals surface area (Å²) < 4.78 is 37.4. The predicted molar refractivity (Wildman–Crippen MR) is 124 cm³/mol. The molecule has 4 rings (SSSR count). The number of anilines is 2. The smallest absolute Gasteiger partial charge is 0.270 e. The van der Waals surface area contributed by atoms with Crippen molar-refractivity contribution in [3.63, 3.8) is 0 Å². The van der Waals surface area contributed by atoms with Crippen LogP contribution in [0.2, 0.25) is 0 Å². The van der Waals surface area contributed by atoms with E-state index in [2.05, 4.69) is 15.8 Å². The molecule has 12 heteroatoms. The minimum Gasteiger partial charge on any atom is -0.486 e. The number of ether oxygens (including phenoxy) is 2. The Morgan fingerprint density at radius 3 is 2.38 bits per heavy atom. The molecule has 2 aromatic carbocycles. The molecule has 1 saturated heterocycles. The summed E-state index contributed by atoms with van der Waals surface area (Å²) in [5.74, 6) is 0.0807. The van der Waals surface area contributed by atoms with E-state index in [-0.39, 0.29) is 4.90 Å². The highest BCUT2D eigenvalue weighted by Gasteiger charge is 2.26. The molecule has 2 aromatic rings. The predicted octanol–water partition coefficient (Wildman–Crippen LogP) is 1.82. The van der Waals surface area contributed by atoms with Crippen LogP contribution in [0.3, 0.4) is 0 Å². The second-order valence-electron chi connectivity index (χ2n) is 7.54. The number of oxime groups is 1. The molecule has 0 atom stereocenters. The number of amides is 2. The zero-order valence-corrected chi connectivity index (χ0v) is 19.0. The van der Waals surface area contributed by atoms with E-state index >= 15 is 0 Å². The van der Waals surface area contributed by atoms with Crippen LogP contribution in [0.25, 0.3) is 0 Å². The van der Waals surface area contributed by atoms with Gasteiger partial charge in [0.2, 0.25) is 10.0 Å². The molecule has 2 heterocycles. The lowest BCUT2D eigenvalue weighted by molar-refractivity contribution is -0.120. The highest BCUT2D eigenvalue weighted by molar-refractivity contribution is 7.89. The van der Waals surface area contributed by atoms with Crippen molar-refractivity contribution in [2.45, 2.75) is 17.7 Å². The highest BCUT2D eigenvalue weighted by Crippen LogP contribution is 2.32. The number of hydrogen-bond acceptors (Lipinski definition) is 8. The summed E-state index contributed by atoms with van der Waals surface area (Å²) in [4.78, 5) is 29.0. The van der Waals surface area contributed by atoms with Crippen LogP contribution in [0.15, 0.2) is 52.5 Å². The molecule has 34 heavy (non-hydrogen) atoms. The Balaban J connectivity index is 1.21. The maximum atomic E-state index is 12.5. The Labute approximate surface area is 196 Å². The molecular weight excluding hydrogens is 464 g/mol. The monoisotopic (exact) mass is 488 g/mol. The van der Waals surface area contributed by atoms with E-state index in [4.69, 9.17) is 14.3 Å². The van der Waals surface area contributed by atoms with Gasteiger partial charge in [0, 0.05) is 30.5 Å². The molecule has 2 amide bonds. The van der Waals surface area contributed by atoms with Crippen LogP contribution in [0, 0.1) is 0 Å². The standard InChI is InChI=1S/C22H24N4O7S/c27-21(25-17-5-8-19-20(13-17)32-12-11-31-19)14-23-33-15-22(28)24-16-3-6-18(7-4-16)34(29,30)26-9-1-2-10-26/h3-8,13-14H,1-2,9-12,15H2,(H,24,28)(H,25,27)/b23-14-. The van der Waals surface area contributed by atoms with E-state index in [0.29, 0.717) is 49.2 Å². The highest BCUT2D eigenvalue weighted by atomic mass is 32.2. The molecule has 2 aliphatic heterocycles. The van der Waals surface area contributed by atoms with E-state index in [1.54, 1.807) is 18.2 Å². The maximum absolute atomic E-state index is 12.5. The Bertz CT molecular complexity index is 1180. The molecular formula is C22H24N4O7S. The van der Waals surface area contributed by atoms with Gasteiger partial charge in [0.25, 0.3) is 11.8 Å². The van der Waals surface area contributed by atoms with E-state index in [1.807, 2.05) is 0 Å². The lowest BCUT2D eigenvalue weighted by Gasteiger charge is -2.18. The quantitative estimate of drug-likeness (QED) is 0.427. The third kappa shape index (κ3) is 5.83. The van der Waals surface area contributed by atoms with Gasteiger partial charge in [-0.15, -0.1) is 0 Å². The average Bonchev–Trinajstić information content (AvgIpc) is 3.38. The van der Waals surface area contributed by atoms with Crippen molar-refractivity contribution in [1.82, 2.24) is 4.31 Å². The van der Waals surface area contributed by atoms with Gasteiger partial charge in [-0.2, -0.15) is 4.31 Å². The van der Waals surface area contributed by atoms with Gasteiger partial charge in [-0.3, -0.25) is 9.59 Å². The van der Waals surface area contributed by atoms with Crippen LogP contribution in [0.5, 0.6) is 11.5 Å². The van der Waals surface area contributed by atoms with Crippen LogP contribution >= 0.6 is 0 Å². The van der Waals surface area contributed by atoms with Crippen molar-refractivity contribution in [2.24, 2.45) is 5.16 Å². The van der Waals surface area contributed by atoms with Gasteiger partial charge in [-0.05, 0) is 49.2 Å². The van der Waals surface area contributed by atoms with Crippen molar-refractivity contribution in [2.75, 3.05) is 43.5 Å². The molecule has 2 aliphatic rings. The van der Waals surface area contributed by atoms with Crippen LogP contribution in [0.4, 0.5) is 11.4 Å². The number of carbonyl (C=O) groups is 2. The van der Waals surface area contributed by atoms with Crippen molar-refractivity contribution in [3.05, 3.63) is 42.5 Å². The molecule has 11 nitrogen and oxygen atoms in total. The fourth-order valence-electron chi connectivity index (χ4n) is 3.46. The van der Waals surface area contributed by atoms with E-state index < -0.39 is 28.4 Å². The summed E-state index contributed by atoms with van der Waals surface area (Å²) in [5, 5.41) is 8.66. The van der Waals surface area contributed by atoms with Gasteiger partial charge < -0.3 is 24.9 Å². The molecule has 0 aromatic heterocycles. The SMILES string of the molecule is O=C(/C=N\OCC(=O)Nc1ccc(S(=O)(=O)N2CCCC2)cc1)Nc1ccc2c(c1)OCCO2. The number of nitrogens with zero attached hydrogens (tertiary/aromatic N) is 2. The lowest BCUT2D eigenvalue weighted by atomic mass is 10.2. The molecule has 0 saturated carbocycles. The zero-order valence-electron chi connectivity index (χ0n) is 18.2. The van der Waals surface area contributed by atoms with Crippen LogP contribution in [-0.4, -0.2) is 63.7 Å². The average molecular weight is 489 g/mol. The summed E-state index contributed by atoms with van der Waals surface area (Å²) in [5.41, 5.74) is 0.905. The third-order valence-corrected chi connectivity index (χ3v) is 7.00. The minimum absolute atomic E-state index is 0.178. The number of nitrogens with one attached hydrogen (secondary N) is 2. The first-order valence-corrected chi connectivity index (χ1v) is 12.1. The normalized spacial score (nSPS) is 15.8. The second kappa shape index (κ2) is 10.5. The molecule has 0 unspecified atom stereocenters.